The number of benzene rings is 2. The molecule has 3 rings (SSSR count). The zero-order chi connectivity index (χ0) is 19.3. The number of halogens is 3. The molecule has 3 aromatic rings. The lowest BCUT2D eigenvalue weighted by Gasteiger charge is -2.10. The lowest BCUT2D eigenvalue weighted by atomic mass is 10.1. The Balaban J connectivity index is 1.61. The van der Waals surface area contributed by atoms with Gasteiger partial charge in [0.15, 0.2) is 0 Å². The van der Waals surface area contributed by atoms with E-state index in [-0.39, 0.29) is 6.61 Å². The predicted octanol–water partition coefficient (Wildman–Crippen LogP) is 5.50. The number of rotatable bonds is 6. The van der Waals surface area contributed by atoms with Crippen LogP contribution in [0, 0.1) is 6.92 Å². The van der Waals surface area contributed by atoms with Gasteiger partial charge in [-0.05, 0) is 42.3 Å². The van der Waals surface area contributed by atoms with Crippen LogP contribution in [0.2, 0.25) is 0 Å². The Morgan fingerprint density at radius 3 is 2.74 bits per heavy atom. The summed E-state index contributed by atoms with van der Waals surface area (Å²) in [5.74, 6) is 0.543. The minimum Gasteiger partial charge on any atom is -0.489 e. The Morgan fingerprint density at radius 2 is 2.00 bits per heavy atom. The molecule has 0 radical (unpaired) electrons. The second-order valence-electron chi connectivity index (χ2n) is 5.72. The van der Waals surface area contributed by atoms with E-state index in [4.69, 9.17) is 4.74 Å². The van der Waals surface area contributed by atoms with Gasteiger partial charge in [0.25, 0.3) is 0 Å². The third-order valence-electron chi connectivity index (χ3n) is 3.51. The Bertz CT molecular complexity index is 938. The van der Waals surface area contributed by atoms with Gasteiger partial charge in [0.05, 0.1) is 17.5 Å². The van der Waals surface area contributed by atoms with Crippen LogP contribution >= 0.6 is 11.3 Å². The smallest absolute Gasteiger partial charge is 0.416 e. The van der Waals surface area contributed by atoms with Gasteiger partial charge in [0.2, 0.25) is 5.13 Å². The van der Waals surface area contributed by atoms with Crippen molar-refractivity contribution in [2.75, 3.05) is 5.43 Å². The minimum absolute atomic E-state index is 0.0428. The van der Waals surface area contributed by atoms with Crippen LogP contribution in [0.5, 0.6) is 5.75 Å². The first-order valence-electron chi connectivity index (χ1n) is 8.00. The van der Waals surface area contributed by atoms with Crippen molar-refractivity contribution in [1.29, 1.82) is 0 Å². The quantitative estimate of drug-likeness (QED) is 0.446. The first kappa shape index (κ1) is 18.9. The molecule has 2 aromatic carbocycles. The van der Waals surface area contributed by atoms with Crippen LogP contribution in [0.1, 0.15) is 22.4 Å². The Kier molecular flexibility index (Phi) is 5.75. The highest BCUT2D eigenvalue weighted by atomic mass is 32.1. The van der Waals surface area contributed by atoms with Crippen LogP contribution in [0.15, 0.2) is 59.0 Å². The molecule has 0 aliphatic heterocycles. The maximum absolute atomic E-state index is 12.8. The number of hydrazone groups is 1. The minimum atomic E-state index is -4.37. The predicted molar refractivity (Wildman–Crippen MR) is 100 cm³/mol. The number of aryl methyl sites for hydroxylation is 1. The van der Waals surface area contributed by atoms with Gasteiger partial charge in [0, 0.05) is 5.38 Å². The number of ether oxygens (including phenoxy) is 1. The van der Waals surface area contributed by atoms with Crippen LogP contribution < -0.4 is 10.2 Å². The Labute approximate surface area is 158 Å². The highest BCUT2D eigenvalue weighted by molar-refractivity contribution is 7.13. The maximum atomic E-state index is 12.8. The molecule has 0 aliphatic carbocycles. The first-order chi connectivity index (χ1) is 12.9. The van der Waals surface area contributed by atoms with Crippen LogP contribution in [-0.4, -0.2) is 11.2 Å². The third kappa shape index (κ3) is 5.55. The molecule has 8 heteroatoms. The fourth-order valence-corrected chi connectivity index (χ4v) is 2.89. The molecule has 140 valence electrons. The van der Waals surface area contributed by atoms with Crippen molar-refractivity contribution in [1.82, 2.24) is 4.98 Å². The number of alkyl halides is 3. The third-order valence-corrected chi connectivity index (χ3v) is 4.38. The molecule has 0 fully saturated rings. The van der Waals surface area contributed by atoms with Crippen LogP contribution in [0.25, 0.3) is 0 Å². The van der Waals surface area contributed by atoms with Gasteiger partial charge in [-0.3, -0.25) is 5.43 Å². The van der Waals surface area contributed by atoms with Gasteiger partial charge in [-0.1, -0.05) is 24.3 Å². The Hall–Kier alpha value is -2.87. The van der Waals surface area contributed by atoms with Crippen LogP contribution in [0.4, 0.5) is 18.3 Å². The average molecular weight is 391 g/mol. The van der Waals surface area contributed by atoms with Crippen molar-refractivity contribution in [3.63, 3.8) is 0 Å². The molecule has 27 heavy (non-hydrogen) atoms. The van der Waals surface area contributed by atoms with E-state index in [0.29, 0.717) is 16.4 Å². The lowest BCUT2D eigenvalue weighted by molar-refractivity contribution is -0.137. The van der Waals surface area contributed by atoms with Crippen LogP contribution in [-0.2, 0) is 12.8 Å². The largest absolute Gasteiger partial charge is 0.489 e. The van der Waals surface area contributed by atoms with Crippen molar-refractivity contribution >= 4 is 22.7 Å². The van der Waals surface area contributed by atoms with Gasteiger partial charge in [-0.25, -0.2) is 4.98 Å². The number of aromatic nitrogens is 1. The number of hydrogen-bond acceptors (Lipinski definition) is 5. The molecule has 1 aromatic heterocycles. The van der Waals surface area contributed by atoms with Crippen molar-refractivity contribution < 1.29 is 17.9 Å². The molecular weight excluding hydrogens is 375 g/mol. The molecule has 0 amide bonds. The van der Waals surface area contributed by atoms with Crippen molar-refractivity contribution in [2.24, 2.45) is 5.10 Å². The summed E-state index contributed by atoms with van der Waals surface area (Å²) in [4.78, 5) is 4.24. The SMILES string of the molecule is Cc1csc(NN=Cc2cccc(OCc3cccc(C(F)(F)F)c3)c2)n1. The van der Waals surface area contributed by atoms with E-state index in [1.165, 1.54) is 17.4 Å². The fourth-order valence-electron chi connectivity index (χ4n) is 2.26. The van der Waals surface area contributed by atoms with Crippen LogP contribution in [0.3, 0.4) is 0 Å². The van der Waals surface area contributed by atoms with Gasteiger partial charge < -0.3 is 4.74 Å². The summed E-state index contributed by atoms with van der Waals surface area (Å²) in [5, 5.41) is 6.73. The summed E-state index contributed by atoms with van der Waals surface area (Å²) in [6.07, 6.45) is -2.75. The highest BCUT2D eigenvalue weighted by Gasteiger charge is 2.30. The Morgan fingerprint density at radius 1 is 1.19 bits per heavy atom. The van der Waals surface area contributed by atoms with E-state index >= 15 is 0 Å². The van der Waals surface area contributed by atoms with E-state index in [2.05, 4.69) is 15.5 Å². The van der Waals surface area contributed by atoms with Crippen molar-refractivity contribution in [2.45, 2.75) is 19.7 Å². The van der Waals surface area contributed by atoms with E-state index in [9.17, 15) is 13.2 Å². The summed E-state index contributed by atoms with van der Waals surface area (Å²) in [5.41, 5.74) is 4.31. The molecule has 4 nitrogen and oxygen atoms in total. The monoisotopic (exact) mass is 391 g/mol. The number of thiazole rings is 1. The first-order valence-corrected chi connectivity index (χ1v) is 8.88. The van der Waals surface area contributed by atoms with E-state index in [1.807, 2.05) is 18.4 Å². The second kappa shape index (κ2) is 8.22. The molecular formula is C19H16F3N3OS. The topological polar surface area (TPSA) is 46.5 Å². The number of anilines is 1. The highest BCUT2D eigenvalue weighted by Crippen LogP contribution is 2.29. The number of nitrogens with zero attached hydrogens (tertiary/aromatic N) is 2. The average Bonchev–Trinajstić information content (AvgIpc) is 3.05. The van der Waals surface area contributed by atoms with Gasteiger partial charge in [-0.15, -0.1) is 11.3 Å². The molecule has 1 heterocycles. The summed E-state index contributed by atoms with van der Waals surface area (Å²) < 4.78 is 43.9. The zero-order valence-corrected chi connectivity index (χ0v) is 15.1. The molecule has 1 N–H and O–H groups in total. The summed E-state index contributed by atoms with van der Waals surface area (Å²) in [6.45, 7) is 1.94. The summed E-state index contributed by atoms with van der Waals surface area (Å²) >= 11 is 1.46. The molecule has 0 atom stereocenters. The molecule has 0 spiro atoms. The van der Waals surface area contributed by atoms with E-state index < -0.39 is 11.7 Å². The fraction of sp³-hybridized carbons (Fsp3) is 0.158. The summed E-state index contributed by atoms with van der Waals surface area (Å²) in [7, 11) is 0. The van der Waals surface area contributed by atoms with Gasteiger partial charge in [0.1, 0.15) is 12.4 Å². The normalized spacial score (nSPS) is 11.7. The number of nitrogens with one attached hydrogen (secondary N) is 1. The standard InChI is InChI=1S/C19H16F3N3OS/c1-13-12-27-18(24-13)25-23-10-14-4-3-7-17(9-14)26-11-15-5-2-6-16(8-15)19(20,21)22/h2-10,12H,11H2,1H3,(H,24,25). The molecule has 0 aliphatic rings. The molecule has 0 bridgehead atoms. The van der Waals surface area contributed by atoms with Gasteiger partial charge in [-0.2, -0.15) is 18.3 Å². The zero-order valence-electron chi connectivity index (χ0n) is 14.3. The van der Waals surface area contributed by atoms with E-state index in [0.717, 1.165) is 23.4 Å². The van der Waals surface area contributed by atoms with Gasteiger partial charge >= 0.3 is 6.18 Å². The lowest BCUT2D eigenvalue weighted by Crippen LogP contribution is -2.06. The molecule has 0 saturated carbocycles. The molecule has 0 unspecified atom stereocenters. The molecule has 0 saturated heterocycles. The summed E-state index contributed by atoms with van der Waals surface area (Å²) in [6, 6.07) is 12.2. The number of hydrogen-bond donors (Lipinski definition) is 1. The second-order valence-corrected chi connectivity index (χ2v) is 6.58. The maximum Gasteiger partial charge on any atom is 0.416 e. The van der Waals surface area contributed by atoms with Crippen molar-refractivity contribution in [3.8, 4) is 5.75 Å². The van der Waals surface area contributed by atoms with Crippen molar-refractivity contribution in [3.05, 3.63) is 76.3 Å². The van der Waals surface area contributed by atoms with E-state index in [1.54, 1.807) is 30.5 Å².